The van der Waals surface area contributed by atoms with Crippen molar-refractivity contribution in [3.05, 3.63) is 22.2 Å². The highest BCUT2D eigenvalue weighted by Crippen LogP contribution is 2.34. The molecule has 1 aromatic carbocycles. The van der Waals surface area contributed by atoms with Crippen molar-refractivity contribution in [1.29, 1.82) is 0 Å². The maximum atomic E-state index is 6.21. The number of aryl methyl sites for hydroxylation is 1. The Morgan fingerprint density at radius 2 is 1.94 bits per heavy atom. The third kappa shape index (κ3) is 2.12. The van der Waals surface area contributed by atoms with Gasteiger partial charge in [-0.2, -0.15) is 0 Å². The summed E-state index contributed by atoms with van der Waals surface area (Å²) in [6, 6.07) is 2.72. The van der Waals surface area contributed by atoms with Crippen molar-refractivity contribution in [3.8, 4) is 0 Å². The highest BCUT2D eigenvalue weighted by Gasteiger charge is 2.17. The van der Waals surface area contributed by atoms with Gasteiger partial charge in [0.15, 0.2) is 0 Å². The third-order valence-corrected chi connectivity index (χ3v) is 3.96. The van der Waals surface area contributed by atoms with Crippen LogP contribution in [0.15, 0.2) is 6.07 Å². The Balaban J connectivity index is 2.26. The van der Waals surface area contributed by atoms with E-state index in [1.165, 1.54) is 25.7 Å². The smallest absolute Gasteiger partial charge is 0.0687 e. The standard InChI is InChI=1S/C13H19ClN2/c1-8-7-11(9(2)12(14)13(8)15)16-10-5-3-4-6-10/h7,10,16H,3-6,15H2,1-2H3. The molecule has 16 heavy (non-hydrogen) atoms. The van der Waals surface area contributed by atoms with Gasteiger partial charge in [0.25, 0.3) is 0 Å². The molecule has 88 valence electrons. The van der Waals surface area contributed by atoms with E-state index in [1.807, 2.05) is 13.8 Å². The van der Waals surface area contributed by atoms with Crippen molar-refractivity contribution in [2.45, 2.75) is 45.6 Å². The lowest BCUT2D eigenvalue weighted by molar-refractivity contribution is 0.754. The first-order valence-electron chi connectivity index (χ1n) is 5.91. The van der Waals surface area contributed by atoms with Gasteiger partial charge in [-0.1, -0.05) is 24.4 Å². The van der Waals surface area contributed by atoms with E-state index in [-0.39, 0.29) is 0 Å². The molecular formula is C13H19ClN2. The van der Waals surface area contributed by atoms with Gasteiger partial charge in [-0.3, -0.25) is 0 Å². The number of hydrogen-bond acceptors (Lipinski definition) is 2. The molecule has 0 bridgehead atoms. The molecule has 1 aliphatic carbocycles. The fraction of sp³-hybridized carbons (Fsp3) is 0.538. The Kier molecular flexibility index (Phi) is 3.29. The normalized spacial score (nSPS) is 16.7. The molecule has 0 radical (unpaired) electrons. The molecular weight excluding hydrogens is 220 g/mol. The van der Waals surface area contributed by atoms with E-state index in [1.54, 1.807) is 0 Å². The van der Waals surface area contributed by atoms with Crippen LogP contribution in [-0.4, -0.2) is 6.04 Å². The van der Waals surface area contributed by atoms with Gasteiger partial charge in [-0.15, -0.1) is 0 Å². The molecule has 3 N–H and O–H groups in total. The largest absolute Gasteiger partial charge is 0.397 e. The van der Waals surface area contributed by atoms with Crippen LogP contribution in [0.5, 0.6) is 0 Å². The Morgan fingerprint density at radius 3 is 2.56 bits per heavy atom. The van der Waals surface area contributed by atoms with Gasteiger partial charge in [-0.25, -0.2) is 0 Å². The molecule has 3 heteroatoms. The maximum absolute atomic E-state index is 6.21. The van der Waals surface area contributed by atoms with Crippen LogP contribution in [0.3, 0.4) is 0 Å². The molecule has 0 amide bonds. The number of halogens is 1. The van der Waals surface area contributed by atoms with Crippen molar-refractivity contribution in [1.82, 2.24) is 0 Å². The average Bonchev–Trinajstić information content (AvgIpc) is 2.76. The predicted molar refractivity (Wildman–Crippen MR) is 71.2 cm³/mol. The van der Waals surface area contributed by atoms with Gasteiger partial charge in [0.2, 0.25) is 0 Å². The highest BCUT2D eigenvalue weighted by atomic mass is 35.5. The number of benzene rings is 1. The van der Waals surface area contributed by atoms with Crippen LogP contribution >= 0.6 is 11.6 Å². The number of rotatable bonds is 2. The second-order valence-electron chi connectivity index (χ2n) is 4.72. The molecule has 1 saturated carbocycles. The van der Waals surface area contributed by atoms with Gasteiger partial charge >= 0.3 is 0 Å². The average molecular weight is 239 g/mol. The number of anilines is 2. The Labute approximate surface area is 102 Å². The van der Waals surface area contributed by atoms with Crippen LogP contribution in [0.25, 0.3) is 0 Å². The number of hydrogen-bond donors (Lipinski definition) is 2. The second kappa shape index (κ2) is 4.54. The van der Waals surface area contributed by atoms with Crippen molar-refractivity contribution in [3.63, 3.8) is 0 Å². The quantitative estimate of drug-likeness (QED) is 0.767. The van der Waals surface area contributed by atoms with Crippen molar-refractivity contribution in [2.75, 3.05) is 11.1 Å². The zero-order valence-corrected chi connectivity index (χ0v) is 10.7. The summed E-state index contributed by atoms with van der Waals surface area (Å²) in [7, 11) is 0. The van der Waals surface area contributed by atoms with E-state index in [4.69, 9.17) is 17.3 Å². The van der Waals surface area contributed by atoms with Crippen molar-refractivity contribution >= 4 is 23.0 Å². The van der Waals surface area contributed by atoms with Gasteiger partial charge in [-0.05, 0) is 43.9 Å². The Morgan fingerprint density at radius 1 is 1.31 bits per heavy atom. The zero-order valence-electron chi connectivity index (χ0n) is 9.94. The van der Waals surface area contributed by atoms with E-state index >= 15 is 0 Å². The maximum Gasteiger partial charge on any atom is 0.0687 e. The molecule has 0 spiro atoms. The fourth-order valence-corrected chi connectivity index (χ4v) is 2.59. The van der Waals surface area contributed by atoms with Gasteiger partial charge < -0.3 is 11.1 Å². The van der Waals surface area contributed by atoms with E-state index in [2.05, 4.69) is 11.4 Å². The summed E-state index contributed by atoms with van der Waals surface area (Å²) in [5, 5.41) is 4.27. The van der Waals surface area contributed by atoms with Gasteiger partial charge in [0.05, 0.1) is 10.7 Å². The summed E-state index contributed by atoms with van der Waals surface area (Å²) in [5.41, 5.74) is 9.87. The van der Waals surface area contributed by atoms with Crippen molar-refractivity contribution < 1.29 is 0 Å². The first-order chi connectivity index (χ1) is 7.59. The predicted octanol–water partition coefficient (Wildman–Crippen LogP) is 3.89. The van der Waals surface area contributed by atoms with Crippen LogP contribution in [0, 0.1) is 13.8 Å². The molecule has 0 aliphatic heterocycles. The SMILES string of the molecule is Cc1cc(NC2CCCC2)c(C)c(Cl)c1N. The number of nitrogens with two attached hydrogens (primary N) is 1. The lowest BCUT2D eigenvalue weighted by Crippen LogP contribution is -2.15. The van der Waals surface area contributed by atoms with E-state index in [0.717, 1.165) is 16.8 Å². The monoisotopic (exact) mass is 238 g/mol. The molecule has 0 aromatic heterocycles. The lowest BCUT2D eigenvalue weighted by Gasteiger charge is -2.18. The molecule has 1 aromatic rings. The Bertz CT molecular complexity index is 395. The molecule has 2 nitrogen and oxygen atoms in total. The molecule has 0 atom stereocenters. The molecule has 0 unspecified atom stereocenters. The minimum atomic E-state index is 0.609. The topological polar surface area (TPSA) is 38.0 Å². The summed E-state index contributed by atoms with van der Waals surface area (Å²) < 4.78 is 0. The molecule has 1 fully saturated rings. The van der Waals surface area contributed by atoms with Crippen LogP contribution in [-0.2, 0) is 0 Å². The van der Waals surface area contributed by atoms with E-state index in [0.29, 0.717) is 16.8 Å². The van der Waals surface area contributed by atoms with E-state index < -0.39 is 0 Å². The van der Waals surface area contributed by atoms with Gasteiger partial charge in [0, 0.05) is 11.7 Å². The van der Waals surface area contributed by atoms with Crippen LogP contribution in [0.2, 0.25) is 5.02 Å². The minimum absolute atomic E-state index is 0.609. The molecule has 2 rings (SSSR count). The summed E-state index contributed by atoms with van der Waals surface area (Å²) in [5.74, 6) is 0. The molecule has 0 heterocycles. The number of nitrogens with one attached hydrogen (secondary N) is 1. The molecule has 1 aliphatic rings. The lowest BCUT2D eigenvalue weighted by atomic mass is 10.1. The first kappa shape index (κ1) is 11.6. The zero-order chi connectivity index (χ0) is 11.7. The van der Waals surface area contributed by atoms with Crippen LogP contribution in [0.1, 0.15) is 36.8 Å². The van der Waals surface area contributed by atoms with Crippen LogP contribution in [0.4, 0.5) is 11.4 Å². The van der Waals surface area contributed by atoms with E-state index in [9.17, 15) is 0 Å². The molecule has 0 saturated heterocycles. The Hall–Kier alpha value is -0.890. The summed E-state index contributed by atoms with van der Waals surface area (Å²) >= 11 is 6.21. The fourth-order valence-electron chi connectivity index (χ4n) is 2.34. The third-order valence-electron chi connectivity index (χ3n) is 3.47. The number of nitrogen functional groups attached to an aromatic ring is 1. The summed E-state index contributed by atoms with van der Waals surface area (Å²) in [6.07, 6.45) is 5.19. The minimum Gasteiger partial charge on any atom is -0.397 e. The second-order valence-corrected chi connectivity index (χ2v) is 5.10. The van der Waals surface area contributed by atoms with Gasteiger partial charge in [0.1, 0.15) is 0 Å². The van der Waals surface area contributed by atoms with Crippen molar-refractivity contribution in [2.24, 2.45) is 0 Å². The van der Waals surface area contributed by atoms with Crippen LogP contribution < -0.4 is 11.1 Å². The summed E-state index contributed by atoms with van der Waals surface area (Å²) in [4.78, 5) is 0. The first-order valence-corrected chi connectivity index (χ1v) is 6.29. The summed E-state index contributed by atoms with van der Waals surface area (Å²) in [6.45, 7) is 4.02. The highest BCUT2D eigenvalue weighted by molar-refractivity contribution is 6.34.